The third kappa shape index (κ3) is 6.27. The van der Waals surface area contributed by atoms with Crippen molar-refractivity contribution in [1.29, 1.82) is 0 Å². The van der Waals surface area contributed by atoms with E-state index < -0.39 is 0 Å². The van der Waals surface area contributed by atoms with Crippen LogP contribution in [-0.4, -0.2) is 22.7 Å². The summed E-state index contributed by atoms with van der Waals surface area (Å²) in [6.07, 6.45) is 0.229. The van der Waals surface area contributed by atoms with Gasteiger partial charge in [0.05, 0.1) is 13.0 Å². The van der Waals surface area contributed by atoms with E-state index in [9.17, 15) is 4.79 Å². The number of halogens is 1. The number of nitrogens with zero attached hydrogens (tertiary/aromatic N) is 2. The Labute approximate surface area is 162 Å². The molecule has 1 aromatic heterocycles. The first-order valence-electron chi connectivity index (χ1n) is 8.49. The molecule has 0 fully saturated rings. The quantitative estimate of drug-likeness (QED) is 0.612. The number of carbonyl (C=O) groups is 1. The second-order valence-electron chi connectivity index (χ2n) is 5.74. The van der Waals surface area contributed by atoms with Crippen LogP contribution in [0.4, 0.5) is 11.6 Å². The zero-order chi connectivity index (χ0) is 18.9. The maximum Gasteiger partial charge on any atom is 0.229 e. The molecule has 1 amide bonds. The molecule has 7 heteroatoms. The Morgan fingerprint density at radius 3 is 2.33 bits per heavy atom. The zero-order valence-corrected chi connectivity index (χ0v) is 15.3. The fourth-order valence-corrected chi connectivity index (χ4v) is 2.40. The lowest BCUT2D eigenvalue weighted by Gasteiger charge is -2.08. The molecule has 2 N–H and O–H groups in total. The first-order valence-corrected chi connectivity index (χ1v) is 8.86. The first kappa shape index (κ1) is 18.7. The number of aromatic nitrogens is 2. The number of ether oxygens (including phenoxy) is 1. The average Bonchev–Trinajstić information content (AvgIpc) is 2.69. The largest absolute Gasteiger partial charge is 0.493 e. The Kier molecular flexibility index (Phi) is 6.60. The second kappa shape index (κ2) is 9.54. The fraction of sp³-hybridized carbons (Fsp3) is 0.150. The molecule has 2 aromatic carbocycles. The number of hydrogen-bond acceptors (Lipinski definition) is 5. The molecule has 0 aliphatic carbocycles. The standard InChI is InChI=1S/C20H19ClN4O2/c21-16-8-6-15(7-9-16)14-22-18-10-11-19(25-24-18)23-20(26)12-13-27-17-4-2-1-3-5-17/h1-11H,12-14H2,(H,22,24)(H,23,25,26). The van der Waals surface area contributed by atoms with Gasteiger partial charge in [-0.25, -0.2) is 0 Å². The highest BCUT2D eigenvalue weighted by Crippen LogP contribution is 2.12. The maximum atomic E-state index is 11.9. The van der Waals surface area contributed by atoms with Gasteiger partial charge in [-0.1, -0.05) is 41.9 Å². The van der Waals surface area contributed by atoms with Crippen molar-refractivity contribution in [3.8, 4) is 5.75 Å². The molecule has 27 heavy (non-hydrogen) atoms. The van der Waals surface area contributed by atoms with Crippen molar-refractivity contribution >= 4 is 29.1 Å². The Bertz CT molecular complexity index is 855. The normalized spacial score (nSPS) is 10.3. The van der Waals surface area contributed by atoms with Crippen LogP contribution in [0.15, 0.2) is 66.7 Å². The molecular formula is C20H19ClN4O2. The van der Waals surface area contributed by atoms with Crippen molar-refractivity contribution in [3.05, 3.63) is 77.3 Å². The monoisotopic (exact) mass is 382 g/mol. The molecule has 0 atom stereocenters. The molecule has 0 unspecified atom stereocenters. The van der Waals surface area contributed by atoms with E-state index in [1.54, 1.807) is 12.1 Å². The van der Waals surface area contributed by atoms with E-state index >= 15 is 0 Å². The molecule has 0 bridgehead atoms. The van der Waals surface area contributed by atoms with Gasteiger partial charge in [-0.15, -0.1) is 10.2 Å². The smallest absolute Gasteiger partial charge is 0.229 e. The Balaban J connectivity index is 1.41. The second-order valence-corrected chi connectivity index (χ2v) is 6.18. The molecule has 0 radical (unpaired) electrons. The third-order valence-electron chi connectivity index (χ3n) is 3.66. The fourth-order valence-electron chi connectivity index (χ4n) is 2.27. The Hall–Kier alpha value is -3.12. The van der Waals surface area contributed by atoms with Crippen molar-refractivity contribution < 1.29 is 9.53 Å². The van der Waals surface area contributed by atoms with Gasteiger partial charge in [0.1, 0.15) is 11.6 Å². The van der Waals surface area contributed by atoms with Gasteiger partial charge in [0.2, 0.25) is 5.91 Å². The minimum Gasteiger partial charge on any atom is -0.493 e. The number of benzene rings is 2. The third-order valence-corrected chi connectivity index (χ3v) is 3.91. The van der Waals surface area contributed by atoms with Crippen molar-refractivity contribution in [3.63, 3.8) is 0 Å². The maximum absolute atomic E-state index is 11.9. The van der Waals surface area contributed by atoms with Gasteiger partial charge in [0, 0.05) is 11.6 Å². The van der Waals surface area contributed by atoms with Crippen molar-refractivity contribution in [2.75, 3.05) is 17.2 Å². The van der Waals surface area contributed by atoms with Crippen LogP contribution >= 0.6 is 11.6 Å². The summed E-state index contributed by atoms with van der Waals surface area (Å²) in [6, 6.07) is 20.4. The SMILES string of the molecule is O=C(CCOc1ccccc1)Nc1ccc(NCc2ccc(Cl)cc2)nn1. The van der Waals surface area contributed by atoms with Crippen LogP contribution in [-0.2, 0) is 11.3 Å². The van der Waals surface area contributed by atoms with Crippen LogP contribution in [0.2, 0.25) is 5.02 Å². The van der Waals surface area contributed by atoms with E-state index in [0.717, 1.165) is 11.3 Å². The highest BCUT2D eigenvalue weighted by molar-refractivity contribution is 6.30. The van der Waals surface area contributed by atoms with Gasteiger partial charge < -0.3 is 15.4 Å². The van der Waals surface area contributed by atoms with Crippen LogP contribution in [0.1, 0.15) is 12.0 Å². The van der Waals surface area contributed by atoms with Crippen molar-refractivity contribution in [2.24, 2.45) is 0 Å². The minimum atomic E-state index is -0.179. The topological polar surface area (TPSA) is 76.1 Å². The lowest BCUT2D eigenvalue weighted by molar-refractivity contribution is -0.116. The molecule has 0 aliphatic rings. The molecule has 138 valence electrons. The van der Waals surface area contributed by atoms with Gasteiger partial charge in [-0.3, -0.25) is 4.79 Å². The van der Waals surface area contributed by atoms with Crippen LogP contribution in [0.3, 0.4) is 0 Å². The summed E-state index contributed by atoms with van der Waals surface area (Å²) >= 11 is 5.87. The first-order chi connectivity index (χ1) is 13.2. The van der Waals surface area contributed by atoms with E-state index in [2.05, 4.69) is 20.8 Å². The lowest BCUT2D eigenvalue weighted by Crippen LogP contribution is -2.16. The Morgan fingerprint density at radius 2 is 1.63 bits per heavy atom. The summed E-state index contributed by atoms with van der Waals surface area (Å²) in [5.74, 6) is 1.58. The van der Waals surface area contributed by atoms with Crippen molar-refractivity contribution in [1.82, 2.24) is 10.2 Å². The number of hydrogen-bond donors (Lipinski definition) is 2. The van der Waals surface area contributed by atoms with E-state index in [1.165, 1.54) is 0 Å². The number of amides is 1. The van der Waals surface area contributed by atoms with Crippen LogP contribution in [0, 0.1) is 0 Å². The minimum absolute atomic E-state index is 0.179. The van der Waals surface area contributed by atoms with Crippen LogP contribution in [0.5, 0.6) is 5.75 Å². The molecule has 1 heterocycles. The molecule has 0 saturated carbocycles. The van der Waals surface area contributed by atoms with Gasteiger partial charge in [0.25, 0.3) is 0 Å². The van der Waals surface area contributed by atoms with E-state index in [1.807, 2.05) is 54.6 Å². The number of carbonyl (C=O) groups excluding carboxylic acids is 1. The highest BCUT2D eigenvalue weighted by atomic mass is 35.5. The van der Waals surface area contributed by atoms with Gasteiger partial charge >= 0.3 is 0 Å². The summed E-state index contributed by atoms with van der Waals surface area (Å²) in [6.45, 7) is 0.901. The lowest BCUT2D eigenvalue weighted by atomic mass is 10.2. The molecule has 0 aliphatic heterocycles. The predicted molar refractivity (Wildman–Crippen MR) is 106 cm³/mol. The number of rotatable bonds is 8. The Morgan fingerprint density at radius 1 is 0.926 bits per heavy atom. The molecule has 0 spiro atoms. The summed E-state index contributed by atoms with van der Waals surface area (Å²) in [5, 5.41) is 14.6. The van der Waals surface area contributed by atoms with Crippen molar-refractivity contribution in [2.45, 2.75) is 13.0 Å². The highest BCUT2D eigenvalue weighted by Gasteiger charge is 2.05. The zero-order valence-electron chi connectivity index (χ0n) is 14.6. The van der Waals surface area contributed by atoms with Gasteiger partial charge in [-0.2, -0.15) is 0 Å². The summed E-state index contributed by atoms with van der Waals surface area (Å²) in [7, 11) is 0. The van der Waals surface area contributed by atoms with Gasteiger partial charge in [-0.05, 0) is 42.0 Å². The van der Waals surface area contributed by atoms with E-state index in [-0.39, 0.29) is 12.3 Å². The van der Waals surface area contributed by atoms with Gasteiger partial charge in [0.15, 0.2) is 5.82 Å². The van der Waals surface area contributed by atoms with Crippen LogP contribution in [0.25, 0.3) is 0 Å². The number of para-hydroxylation sites is 1. The molecule has 6 nitrogen and oxygen atoms in total. The molecular weight excluding hydrogens is 364 g/mol. The molecule has 0 saturated heterocycles. The predicted octanol–water partition coefficient (Wildman–Crippen LogP) is 4.15. The van der Waals surface area contributed by atoms with E-state index in [4.69, 9.17) is 16.3 Å². The summed E-state index contributed by atoms with van der Waals surface area (Å²) in [5.41, 5.74) is 1.08. The number of anilines is 2. The average molecular weight is 383 g/mol. The number of nitrogens with one attached hydrogen (secondary N) is 2. The van der Waals surface area contributed by atoms with E-state index in [0.29, 0.717) is 29.8 Å². The molecule has 3 aromatic rings. The molecule has 3 rings (SSSR count). The van der Waals surface area contributed by atoms with Crippen LogP contribution < -0.4 is 15.4 Å². The summed E-state index contributed by atoms with van der Waals surface area (Å²) in [4.78, 5) is 11.9. The summed E-state index contributed by atoms with van der Waals surface area (Å²) < 4.78 is 5.50.